The average molecular weight is 353 g/mol. The monoisotopic (exact) mass is 353 g/mol. The van der Waals surface area contributed by atoms with Gasteiger partial charge in [0, 0.05) is 0 Å². The minimum Gasteiger partial charge on any atom is -0.484 e. The van der Waals surface area contributed by atoms with Gasteiger partial charge in [-0.1, -0.05) is 23.4 Å². The summed E-state index contributed by atoms with van der Waals surface area (Å²) in [4.78, 5) is 23.8. The third kappa shape index (κ3) is 4.35. The van der Waals surface area contributed by atoms with Crippen molar-refractivity contribution in [2.24, 2.45) is 0 Å². The van der Waals surface area contributed by atoms with Crippen molar-refractivity contribution in [3.63, 3.8) is 0 Å². The third-order valence-corrected chi connectivity index (χ3v) is 3.62. The van der Waals surface area contributed by atoms with Crippen LogP contribution in [0.1, 0.15) is 11.1 Å². The molecule has 0 saturated heterocycles. The molecular formula is C18H19N5O3. The number of hydrazine groups is 1. The van der Waals surface area contributed by atoms with Crippen LogP contribution in [0.15, 0.2) is 42.5 Å². The Morgan fingerprint density at radius 3 is 2.50 bits per heavy atom. The van der Waals surface area contributed by atoms with Gasteiger partial charge in [0.05, 0.1) is 5.52 Å². The molecule has 0 radical (unpaired) electrons. The second kappa shape index (κ2) is 7.64. The summed E-state index contributed by atoms with van der Waals surface area (Å²) < 4.78 is 6.90. The number of aromatic nitrogens is 3. The highest BCUT2D eigenvalue weighted by Crippen LogP contribution is 2.15. The van der Waals surface area contributed by atoms with E-state index in [0.29, 0.717) is 11.3 Å². The Morgan fingerprint density at radius 1 is 1.04 bits per heavy atom. The van der Waals surface area contributed by atoms with Gasteiger partial charge in [-0.05, 0) is 49.2 Å². The number of ether oxygens (including phenoxy) is 1. The maximum Gasteiger partial charge on any atom is 0.276 e. The molecular weight excluding hydrogens is 334 g/mol. The fourth-order valence-corrected chi connectivity index (χ4v) is 2.55. The summed E-state index contributed by atoms with van der Waals surface area (Å²) in [5.41, 5.74) is 8.20. The van der Waals surface area contributed by atoms with E-state index in [1.807, 2.05) is 56.3 Å². The molecule has 8 heteroatoms. The first-order valence-corrected chi connectivity index (χ1v) is 8.08. The second-order valence-corrected chi connectivity index (χ2v) is 5.94. The Kier molecular flexibility index (Phi) is 5.12. The standard InChI is InChI=1S/C18H19N5O3/c1-12-7-13(2)9-14(8-12)26-11-18(25)21-20-17(24)10-23-16-6-4-3-5-15(16)19-22-23/h3-9H,10-11H2,1-2H3,(H,20,24)(H,21,25). The van der Waals surface area contributed by atoms with Crippen molar-refractivity contribution >= 4 is 22.8 Å². The number of carbonyl (C=O) groups excluding carboxylic acids is 2. The van der Waals surface area contributed by atoms with E-state index in [1.165, 1.54) is 4.68 Å². The molecule has 2 amide bonds. The van der Waals surface area contributed by atoms with E-state index in [2.05, 4.69) is 21.2 Å². The lowest BCUT2D eigenvalue weighted by Crippen LogP contribution is -2.45. The SMILES string of the molecule is Cc1cc(C)cc(OCC(=O)NNC(=O)Cn2nnc3ccccc32)c1. The maximum absolute atomic E-state index is 12.0. The molecule has 8 nitrogen and oxygen atoms in total. The summed E-state index contributed by atoms with van der Waals surface area (Å²) in [6.45, 7) is 3.65. The number of hydrogen-bond acceptors (Lipinski definition) is 5. The van der Waals surface area contributed by atoms with Crippen LogP contribution < -0.4 is 15.6 Å². The van der Waals surface area contributed by atoms with E-state index < -0.39 is 11.8 Å². The molecule has 0 unspecified atom stereocenters. The van der Waals surface area contributed by atoms with E-state index in [0.717, 1.165) is 16.6 Å². The fraction of sp³-hybridized carbons (Fsp3) is 0.222. The Labute approximate surface area is 150 Å². The second-order valence-electron chi connectivity index (χ2n) is 5.94. The largest absolute Gasteiger partial charge is 0.484 e. The van der Waals surface area contributed by atoms with Gasteiger partial charge >= 0.3 is 0 Å². The first-order chi connectivity index (χ1) is 12.5. The van der Waals surface area contributed by atoms with Gasteiger partial charge in [-0.25, -0.2) is 4.68 Å². The number of nitrogens with one attached hydrogen (secondary N) is 2. The van der Waals surface area contributed by atoms with Crippen molar-refractivity contribution in [3.8, 4) is 5.75 Å². The Bertz CT molecular complexity index is 931. The number of para-hydroxylation sites is 1. The molecule has 134 valence electrons. The lowest BCUT2D eigenvalue weighted by Gasteiger charge is -2.10. The molecule has 1 aromatic heterocycles. The average Bonchev–Trinajstić information content (AvgIpc) is 3.00. The number of fused-ring (bicyclic) bond motifs is 1. The van der Waals surface area contributed by atoms with Gasteiger partial charge in [-0.15, -0.1) is 5.10 Å². The minimum absolute atomic E-state index is 0.0568. The van der Waals surface area contributed by atoms with Crippen molar-refractivity contribution < 1.29 is 14.3 Å². The highest BCUT2D eigenvalue weighted by atomic mass is 16.5. The zero-order valence-corrected chi connectivity index (χ0v) is 14.5. The number of benzene rings is 2. The van der Waals surface area contributed by atoms with E-state index >= 15 is 0 Å². The molecule has 1 heterocycles. The summed E-state index contributed by atoms with van der Waals surface area (Å²) in [6, 6.07) is 13.0. The van der Waals surface area contributed by atoms with Crippen molar-refractivity contribution in [1.29, 1.82) is 0 Å². The normalized spacial score (nSPS) is 10.5. The van der Waals surface area contributed by atoms with Crippen LogP contribution in [-0.4, -0.2) is 33.4 Å². The van der Waals surface area contributed by atoms with E-state index in [4.69, 9.17) is 4.74 Å². The number of hydrogen-bond donors (Lipinski definition) is 2. The Balaban J connectivity index is 1.47. The molecule has 3 rings (SSSR count). The first kappa shape index (κ1) is 17.4. The Morgan fingerprint density at radius 2 is 1.73 bits per heavy atom. The van der Waals surface area contributed by atoms with Crippen LogP contribution >= 0.6 is 0 Å². The van der Waals surface area contributed by atoms with Gasteiger partial charge in [0.25, 0.3) is 11.8 Å². The van der Waals surface area contributed by atoms with Gasteiger partial charge < -0.3 is 4.74 Å². The summed E-state index contributed by atoms with van der Waals surface area (Å²) in [6.07, 6.45) is 0. The van der Waals surface area contributed by atoms with Crippen LogP contribution in [-0.2, 0) is 16.1 Å². The van der Waals surface area contributed by atoms with Crippen LogP contribution in [0.4, 0.5) is 0 Å². The minimum atomic E-state index is -0.457. The summed E-state index contributed by atoms with van der Waals surface area (Å²) in [5, 5.41) is 7.89. The molecule has 0 aliphatic rings. The molecule has 0 bridgehead atoms. The third-order valence-electron chi connectivity index (χ3n) is 3.62. The molecule has 0 saturated carbocycles. The van der Waals surface area contributed by atoms with Gasteiger partial charge in [-0.3, -0.25) is 20.4 Å². The lowest BCUT2D eigenvalue weighted by molar-refractivity contribution is -0.130. The predicted octanol–water partition coefficient (Wildman–Crippen LogP) is 1.27. The molecule has 0 aliphatic heterocycles. The van der Waals surface area contributed by atoms with Crippen molar-refractivity contribution in [2.75, 3.05) is 6.61 Å². The van der Waals surface area contributed by atoms with Crippen LogP contribution in [0.3, 0.4) is 0 Å². The highest BCUT2D eigenvalue weighted by Gasteiger charge is 2.10. The molecule has 0 atom stereocenters. The first-order valence-electron chi connectivity index (χ1n) is 8.08. The fourth-order valence-electron chi connectivity index (χ4n) is 2.55. The number of nitrogens with zero attached hydrogens (tertiary/aromatic N) is 3. The van der Waals surface area contributed by atoms with Crippen molar-refractivity contribution in [2.45, 2.75) is 20.4 Å². The zero-order chi connectivity index (χ0) is 18.5. The maximum atomic E-state index is 12.0. The molecule has 3 aromatic rings. The summed E-state index contributed by atoms with van der Waals surface area (Å²) in [5.74, 6) is -0.264. The van der Waals surface area contributed by atoms with Crippen LogP contribution in [0, 0.1) is 13.8 Å². The van der Waals surface area contributed by atoms with Gasteiger partial charge in [-0.2, -0.15) is 0 Å². The predicted molar refractivity (Wildman–Crippen MR) is 95.2 cm³/mol. The van der Waals surface area contributed by atoms with Crippen LogP contribution in [0.2, 0.25) is 0 Å². The molecule has 0 spiro atoms. The van der Waals surface area contributed by atoms with Crippen molar-refractivity contribution in [1.82, 2.24) is 25.8 Å². The molecule has 0 aliphatic carbocycles. The van der Waals surface area contributed by atoms with E-state index in [9.17, 15) is 9.59 Å². The van der Waals surface area contributed by atoms with Crippen LogP contribution in [0.5, 0.6) is 5.75 Å². The molecule has 26 heavy (non-hydrogen) atoms. The number of carbonyl (C=O) groups is 2. The lowest BCUT2D eigenvalue weighted by atomic mass is 10.1. The summed E-state index contributed by atoms with van der Waals surface area (Å²) >= 11 is 0. The van der Waals surface area contributed by atoms with Gasteiger partial charge in [0.1, 0.15) is 17.8 Å². The molecule has 2 aromatic carbocycles. The smallest absolute Gasteiger partial charge is 0.276 e. The number of aryl methyl sites for hydroxylation is 2. The highest BCUT2D eigenvalue weighted by molar-refractivity contribution is 5.83. The van der Waals surface area contributed by atoms with Crippen molar-refractivity contribution in [3.05, 3.63) is 53.6 Å². The summed E-state index contributed by atoms with van der Waals surface area (Å²) in [7, 11) is 0. The Hall–Kier alpha value is -3.42. The van der Waals surface area contributed by atoms with E-state index in [1.54, 1.807) is 0 Å². The number of amides is 2. The van der Waals surface area contributed by atoms with Gasteiger partial charge in [0.2, 0.25) is 0 Å². The molecule has 0 fully saturated rings. The topological polar surface area (TPSA) is 98.1 Å². The quantitative estimate of drug-likeness (QED) is 0.673. The zero-order valence-electron chi connectivity index (χ0n) is 14.5. The van der Waals surface area contributed by atoms with Gasteiger partial charge in [0.15, 0.2) is 6.61 Å². The number of rotatable bonds is 5. The molecule has 2 N–H and O–H groups in total. The van der Waals surface area contributed by atoms with Crippen LogP contribution in [0.25, 0.3) is 11.0 Å². The van der Waals surface area contributed by atoms with E-state index in [-0.39, 0.29) is 13.2 Å².